The molecule has 3 heteroatoms. The minimum absolute atomic E-state index is 0.0533. The van der Waals surface area contributed by atoms with Crippen molar-refractivity contribution >= 4 is 18.5 Å². The Morgan fingerprint density at radius 3 is 2.75 bits per heavy atom. The van der Waals surface area contributed by atoms with Crippen LogP contribution < -0.4 is 0 Å². The van der Waals surface area contributed by atoms with Crippen LogP contribution in [-0.2, 0) is 4.79 Å². The Balaban J connectivity index is 2.85. The summed E-state index contributed by atoms with van der Waals surface area (Å²) in [4.78, 5) is 14.3. The van der Waals surface area contributed by atoms with Gasteiger partial charge in [-0.2, -0.15) is 12.6 Å². The zero-order chi connectivity index (χ0) is 12.3. The highest BCUT2D eigenvalue weighted by Crippen LogP contribution is 2.33. The van der Waals surface area contributed by atoms with Gasteiger partial charge >= 0.3 is 0 Å². The molecule has 92 valence electrons. The van der Waals surface area contributed by atoms with Crippen molar-refractivity contribution in [2.75, 3.05) is 0 Å². The third-order valence-electron chi connectivity index (χ3n) is 3.66. The Morgan fingerprint density at radius 1 is 1.62 bits per heavy atom. The van der Waals surface area contributed by atoms with Crippen LogP contribution in [0.5, 0.6) is 0 Å². The number of thiol groups is 1. The van der Waals surface area contributed by atoms with E-state index in [0.29, 0.717) is 12.0 Å². The van der Waals surface area contributed by atoms with Crippen molar-refractivity contribution in [1.82, 2.24) is 4.90 Å². The molecule has 4 atom stereocenters. The van der Waals surface area contributed by atoms with Crippen LogP contribution in [-0.4, -0.2) is 22.2 Å². The molecule has 0 saturated carbocycles. The van der Waals surface area contributed by atoms with Crippen LogP contribution in [0.1, 0.15) is 40.0 Å². The van der Waals surface area contributed by atoms with Crippen LogP contribution in [0, 0.1) is 11.8 Å². The van der Waals surface area contributed by atoms with Crippen LogP contribution in [0.2, 0.25) is 0 Å². The van der Waals surface area contributed by atoms with Crippen molar-refractivity contribution < 1.29 is 4.79 Å². The Hall–Kier alpha value is -0.440. The van der Waals surface area contributed by atoms with Gasteiger partial charge in [0.2, 0.25) is 5.91 Å². The molecule has 1 saturated heterocycles. The molecule has 2 nitrogen and oxygen atoms in total. The molecule has 0 aromatic carbocycles. The molecule has 1 heterocycles. The van der Waals surface area contributed by atoms with Gasteiger partial charge in [-0.05, 0) is 32.1 Å². The largest absolute Gasteiger partial charge is 0.328 e. The monoisotopic (exact) mass is 241 g/mol. The number of allylic oxidation sites excluding steroid dienone is 1. The standard InChI is InChI=1S/C13H23NOS/c1-5-7-11-8-9(3)10(4)14(13(11)15)12(16)6-2/h5,9-12,16H,1,6-8H2,2-4H3/t9-,10-,11?,12-/m0/s1. The number of amides is 1. The zero-order valence-electron chi connectivity index (χ0n) is 10.5. The van der Waals surface area contributed by atoms with E-state index in [2.05, 4.69) is 40.0 Å². The fourth-order valence-electron chi connectivity index (χ4n) is 2.45. The van der Waals surface area contributed by atoms with Crippen LogP contribution in [0.25, 0.3) is 0 Å². The molecule has 1 unspecified atom stereocenters. The summed E-state index contributed by atoms with van der Waals surface area (Å²) in [5.74, 6) is 0.918. The second kappa shape index (κ2) is 5.76. The third-order valence-corrected chi connectivity index (χ3v) is 4.27. The highest BCUT2D eigenvalue weighted by Gasteiger charge is 2.38. The van der Waals surface area contributed by atoms with Gasteiger partial charge in [0.1, 0.15) is 0 Å². The summed E-state index contributed by atoms with van der Waals surface area (Å²) in [6.45, 7) is 10.2. The number of hydrogen-bond donors (Lipinski definition) is 1. The molecule has 0 N–H and O–H groups in total. The maximum Gasteiger partial charge on any atom is 0.227 e. The summed E-state index contributed by atoms with van der Waals surface area (Å²) in [7, 11) is 0. The Kier molecular flexibility index (Phi) is 4.90. The lowest BCUT2D eigenvalue weighted by Crippen LogP contribution is -2.53. The van der Waals surface area contributed by atoms with E-state index in [4.69, 9.17) is 0 Å². The van der Waals surface area contributed by atoms with Crippen LogP contribution >= 0.6 is 12.6 Å². The molecule has 0 aromatic heterocycles. The molecule has 0 radical (unpaired) electrons. The summed E-state index contributed by atoms with van der Waals surface area (Å²) in [5, 5.41) is 0.0533. The molecule has 16 heavy (non-hydrogen) atoms. The third kappa shape index (κ3) is 2.62. The van der Waals surface area contributed by atoms with E-state index in [0.717, 1.165) is 19.3 Å². The van der Waals surface area contributed by atoms with Gasteiger partial charge < -0.3 is 4.90 Å². The first-order valence-corrected chi connectivity index (χ1v) is 6.65. The molecule has 1 aliphatic heterocycles. The SMILES string of the molecule is C=CCC1C[C@H](C)[C@H](C)N([C@@H](S)CC)C1=O. The average Bonchev–Trinajstić information content (AvgIpc) is 2.26. The summed E-state index contributed by atoms with van der Waals surface area (Å²) >= 11 is 4.52. The van der Waals surface area contributed by atoms with Crippen molar-refractivity contribution in [1.29, 1.82) is 0 Å². The summed E-state index contributed by atoms with van der Waals surface area (Å²) in [6.07, 6.45) is 4.51. The number of hydrogen-bond acceptors (Lipinski definition) is 2. The van der Waals surface area contributed by atoms with E-state index in [1.807, 2.05) is 11.0 Å². The number of nitrogens with zero attached hydrogens (tertiary/aromatic N) is 1. The predicted molar refractivity (Wildman–Crippen MR) is 71.5 cm³/mol. The van der Waals surface area contributed by atoms with Crippen molar-refractivity contribution in [3.63, 3.8) is 0 Å². The summed E-state index contributed by atoms with van der Waals surface area (Å²) in [6, 6.07) is 0.302. The second-order valence-corrected chi connectivity index (χ2v) is 5.41. The molecule has 1 rings (SSSR count). The normalized spacial score (nSPS) is 32.6. The van der Waals surface area contributed by atoms with Gasteiger partial charge in [-0.25, -0.2) is 0 Å². The molecule has 0 bridgehead atoms. The van der Waals surface area contributed by atoms with E-state index in [1.165, 1.54) is 0 Å². The predicted octanol–water partition coefficient (Wildman–Crippen LogP) is 3.10. The topological polar surface area (TPSA) is 20.3 Å². The molecule has 1 fully saturated rings. The number of piperidine rings is 1. The highest BCUT2D eigenvalue weighted by atomic mass is 32.1. The van der Waals surface area contributed by atoms with Gasteiger partial charge in [0, 0.05) is 12.0 Å². The van der Waals surface area contributed by atoms with Crippen molar-refractivity contribution in [2.24, 2.45) is 11.8 Å². The Bertz CT molecular complexity index is 267. The van der Waals surface area contributed by atoms with E-state index >= 15 is 0 Å². The second-order valence-electron chi connectivity index (χ2n) is 4.81. The maximum atomic E-state index is 12.3. The van der Waals surface area contributed by atoms with Crippen LogP contribution in [0.4, 0.5) is 0 Å². The molecule has 0 aliphatic carbocycles. The first kappa shape index (κ1) is 13.6. The lowest BCUT2D eigenvalue weighted by molar-refractivity contribution is -0.144. The number of carbonyl (C=O) groups excluding carboxylic acids is 1. The summed E-state index contributed by atoms with van der Waals surface area (Å²) < 4.78 is 0. The Morgan fingerprint density at radius 2 is 2.25 bits per heavy atom. The van der Waals surface area contributed by atoms with Gasteiger partial charge in [0.05, 0.1) is 5.37 Å². The maximum absolute atomic E-state index is 12.3. The van der Waals surface area contributed by atoms with Gasteiger partial charge in [0.15, 0.2) is 0 Å². The van der Waals surface area contributed by atoms with Crippen molar-refractivity contribution in [3.05, 3.63) is 12.7 Å². The molecule has 1 amide bonds. The lowest BCUT2D eigenvalue weighted by atomic mass is 9.82. The van der Waals surface area contributed by atoms with Crippen LogP contribution in [0.3, 0.4) is 0 Å². The first-order valence-electron chi connectivity index (χ1n) is 6.14. The van der Waals surface area contributed by atoms with Gasteiger partial charge in [-0.1, -0.05) is 19.9 Å². The smallest absolute Gasteiger partial charge is 0.227 e. The first-order chi connectivity index (χ1) is 7.52. The summed E-state index contributed by atoms with van der Waals surface area (Å²) in [5.41, 5.74) is 0. The fourth-order valence-corrected chi connectivity index (χ4v) is 2.77. The van der Waals surface area contributed by atoms with E-state index < -0.39 is 0 Å². The molecular formula is C13H23NOS. The fraction of sp³-hybridized carbons (Fsp3) is 0.769. The van der Waals surface area contributed by atoms with E-state index in [-0.39, 0.29) is 17.2 Å². The van der Waals surface area contributed by atoms with Crippen LogP contribution in [0.15, 0.2) is 12.7 Å². The van der Waals surface area contributed by atoms with E-state index in [9.17, 15) is 4.79 Å². The quantitative estimate of drug-likeness (QED) is 0.592. The van der Waals surface area contributed by atoms with Gasteiger partial charge in [-0.15, -0.1) is 6.58 Å². The highest BCUT2D eigenvalue weighted by molar-refractivity contribution is 7.80. The van der Waals surface area contributed by atoms with Gasteiger partial charge in [0.25, 0.3) is 0 Å². The molecule has 1 aliphatic rings. The Labute approximate surface area is 104 Å². The zero-order valence-corrected chi connectivity index (χ0v) is 11.4. The molecule has 0 spiro atoms. The van der Waals surface area contributed by atoms with Crippen molar-refractivity contribution in [2.45, 2.75) is 51.4 Å². The van der Waals surface area contributed by atoms with Crippen molar-refractivity contribution in [3.8, 4) is 0 Å². The van der Waals surface area contributed by atoms with Gasteiger partial charge in [-0.3, -0.25) is 4.79 Å². The molecule has 0 aromatic rings. The number of likely N-dealkylation sites (tertiary alicyclic amines) is 1. The average molecular weight is 241 g/mol. The van der Waals surface area contributed by atoms with E-state index in [1.54, 1.807) is 0 Å². The number of carbonyl (C=O) groups is 1. The minimum atomic E-state index is 0.0533. The number of rotatable bonds is 4. The lowest BCUT2D eigenvalue weighted by Gasteiger charge is -2.44. The minimum Gasteiger partial charge on any atom is -0.328 e. The molecular weight excluding hydrogens is 218 g/mol.